The predicted octanol–water partition coefficient (Wildman–Crippen LogP) is 4.04. The summed E-state index contributed by atoms with van der Waals surface area (Å²) in [5, 5.41) is 11.1. The molecular formula is C25H29N3O4. The van der Waals surface area contributed by atoms with Crippen LogP contribution in [0.1, 0.15) is 23.6 Å². The van der Waals surface area contributed by atoms with Crippen molar-refractivity contribution in [3.05, 3.63) is 65.2 Å². The third-order valence-electron chi connectivity index (χ3n) is 4.73. The van der Waals surface area contributed by atoms with E-state index in [9.17, 15) is 4.79 Å². The Labute approximate surface area is 188 Å². The molecule has 0 fully saturated rings. The molecule has 3 aromatic rings. The van der Waals surface area contributed by atoms with Crippen molar-refractivity contribution in [1.29, 1.82) is 0 Å². The number of nitrogens with zero attached hydrogens (tertiary/aromatic N) is 2. The van der Waals surface area contributed by atoms with E-state index in [4.69, 9.17) is 14.2 Å². The SMILES string of the molecule is CCOc1ccc(-c2ccc(OCCNC(=O)COc3c(C)cc(C)cc3C)nn2)cc1. The Balaban J connectivity index is 1.40. The molecule has 0 aliphatic heterocycles. The number of hydrogen-bond donors (Lipinski definition) is 1. The van der Waals surface area contributed by atoms with E-state index in [-0.39, 0.29) is 19.1 Å². The predicted molar refractivity (Wildman–Crippen MR) is 123 cm³/mol. The van der Waals surface area contributed by atoms with E-state index in [0.29, 0.717) is 19.0 Å². The summed E-state index contributed by atoms with van der Waals surface area (Å²) in [4.78, 5) is 12.1. The second-order valence-electron chi connectivity index (χ2n) is 7.43. The van der Waals surface area contributed by atoms with Gasteiger partial charge in [-0.05, 0) is 69.2 Å². The fraction of sp³-hybridized carbons (Fsp3) is 0.320. The summed E-state index contributed by atoms with van der Waals surface area (Å²) in [6.45, 7) is 9.15. The van der Waals surface area contributed by atoms with Crippen molar-refractivity contribution in [3.63, 3.8) is 0 Å². The molecule has 1 N–H and O–H groups in total. The van der Waals surface area contributed by atoms with Crippen LogP contribution in [0.15, 0.2) is 48.5 Å². The molecule has 1 heterocycles. The second kappa shape index (κ2) is 11.1. The minimum atomic E-state index is -0.204. The van der Waals surface area contributed by atoms with Crippen molar-refractivity contribution >= 4 is 5.91 Å². The number of hydrogen-bond acceptors (Lipinski definition) is 6. The zero-order valence-corrected chi connectivity index (χ0v) is 19.0. The Morgan fingerprint density at radius 1 is 0.906 bits per heavy atom. The molecule has 7 nitrogen and oxygen atoms in total. The average Bonchev–Trinajstić information content (AvgIpc) is 2.77. The van der Waals surface area contributed by atoms with Crippen LogP contribution in [0.25, 0.3) is 11.3 Å². The first-order valence-corrected chi connectivity index (χ1v) is 10.6. The first-order chi connectivity index (χ1) is 15.5. The lowest BCUT2D eigenvalue weighted by molar-refractivity contribution is -0.123. The lowest BCUT2D eigenvalue weighted by Crippen LogP contribution is -2.32. The van der Waals surface area contributed by atoms with Crippen LogP contribution in [-0.2, 0) is 4.79 Å². The van der Waals surface area contributed by atoms with Gasteiger partial charge >= 0.3 is 0 Å². The van der Waals surface area contributed by atoms with Gasteiger partial charge in [-0.2, -0.15) is 0 Å². The number of nitrogens with one attached hydrogen (secondary N) is 1. The van der Waals surface area contributed by atoms with Gasteiger partial charge in [-0.15, -0.1) is 10.2 Å². The number of carbonyl (C=O) groups is 1. The van der Waals surface area contributed by atoms with Crippen molar-refractivity contribution in [2.75, 3.05) is 26.4 Å². The lowest BCUT2D eigenvalue weighted by Gasteiger charge is -2.13. The molecule has 7 heteroatoms. The van der Waals surface area contributed by atoms with Crippen molar-refractivity contribution in [2.45, 2.75) is 27.7 Å². The third-order valence-corrected chi connectivity index (χ3v) is 4.73. The largest absolute Gasteiger partial charge is 0.494 e. The fourth-order valence-electron chi connectivity index (χ4n) is 3.37. The summed E-state index contributed by atoms with van der Waals surface area (Å²) >= 11 is 0. The van der Waals surface area contributed by atoms with Gasteiger partial charge in [0.05, 0.1) is 18.8 Å². The monoisotopic (exact) mass is 435 g/mol. The first-order valence-electron chi connectivity index (χ1n) is 10.6. The van der Waals surface area contributed by atoms with E-state index in [2.05, 4.69) is 15.5 Å². The van der Waals surface area contributed by atoms with Crippen LogP contribution in [0.2, 0.25) is 0 Å². The Morgan fingerprint density at radius 3 is 2.25 bits per heavy atom. The summed E-state index contributed by atoms with van der Waals surface area (Å²) in [5.41, 5.74) is 4.90. The maximum absolute atomic E-state index is 12.1. The summed E-state index contributed by atoms with van der Waals surface area (Å²) < 4.78 is 16.7. The van der Waals surface area contributed by atoms with Gasteiger partial charge < -0.3 is 19.5 Å². The van der Waals surface area contributed by atoms with Crippen LogP contribution in [0, 0.1) is 20.8 Å². The van der Waals surface area contributed by atoms with Crippen molar-refractivity contribution in [2.24, 2.45) is 0 Å². The Kier molecular flexibility index (Phi) is 8.02. The van der Waals surface area contributed by atoms with Crippen LogP contribution in [0.4, 0.5) is 0 Å². The van der Waals surface area contributed by atoms with Crippen LogP contribution in [0.3, 0.4) is 0 Å². The van der Waals surface area contributed by atoms with Crippen LogP contribution >= 0.6 is 0 Å². The van der Waals surface area contributed by atoms with Gasteiger partial charge in [-0.3, -0.25) is 4.79 Å². The van der Waals surface area contributed by atoms with Crippen molar-refractivity contribution < 1.29 is 19.0 Å². The molecule has 0 radical (unpaired) electrons. The molecule has 0 saturated carbocycles. The fourth-order valence-corrected chi connectivity index (χ4v) is 3.37. The number of ether oxygens (including phenoxy) is 3. The summed E-state index contributed by atoms with van der Waals surface area (Å²) in [6, 6.07) is 15.4. The zero-order chi connectivity index (χ0) is 22.9. The highest BCUT2D eigenvalue weighted by Crippen LogP contribution is 2.24. The van der Waals surface area contributed by atoms with E-state index in [0.717, 1.165) is 33.9 Å². The van der Waals surface area contributed by atoms with Gasteiger partial charge in [-0.1, -0.05) is 17.7 Å². The van der Waals surface area contributed by atoms with Gasteiger partial charge in [0.2, 0.25) is 5.88 Å². The Hall–Kier alpha value is -3.61. The van der Waals surface area contributed by atoms with Crippen molar-refractivity contribution in [3.8, 4) is 28.6 Å². The third kappa shape index (κ3) is 6.44. The van der Waals surface area contributed by atoms with Gasteiger partial charge in [-0.25, -0.2) is 0 Å². The molecule has 0 unspecified atom stereocenters. The van der Waals surface area contributed by atoms with Crippen LogP contribution in [-0.4, -0.2) is 42.5 Å². The number of rotatable bonds is 10. The van der Waals surface area contributed by atoms with Crippen LogP contribution in [0.5, 0.6) is 17.4 Å². The van der Waals surface area contributed by atoms with Gasteiger partial charge in [0.15, 0.2) is 6.61 Å². The van der Waals surface area contributed by atoms with E-state index in [1.54, 1.807) is 6.07 Å². The number of aromatic nitrogens is 2. The summed E-state index contributed by atoms with van der Waals surface area (Å²) in [7, 11) is 0. The molecule has 168 valence electrons. The van der Waals surface area contributed by atoms with E-state index >= 15 is 0 Å². The number of aryl methyl sites for hydroxylation is 3. The highest BCUT2D eigenvalue weighted by molar-refractivity contribution is 5.77. The molecular weight excluding hydrogens is 406 g/mol. The molecule has 3 rings (SSSR count). The van der Waals surface area contributed by atoms with Gasteiger partial charge in [0, 0.05) is 11.6 Å². The highest BCUT2D eigenvalue weighted by Gasteiger charge is 2.08. The number of amides is 1. The van der Waals surface area contributed by atoms with Crippen molar-refractivity contribution in [1.82, 2.24) is 15.5 Å². The topological polar surface area (TPSA) is 82.6 Å². The number of carbonyl (C=O) groups excluding carboxylic acids is 1. The summed E-state index contributed by atoms with van der Waals surface area (Å²) in [5.74, 6) is 1.77. The molecule has 2 aromatic carbocycles. The van der Waals surface area contributed by atoms with E-state index in [1.807, 2.05) is 70.2 Å². The molecule has 32 heavy (non-hydrogen) atoms. The van der Waals surface area contributed by atoms with E-state index < -0.39 is 0 Å². The maximum atomic E-state index is 12.1. The molecule has 1 aromatic heterocycles. The van der Waals surface area contributed by atoms with E-state index in [1.165, 1.54) is 5.56 Å². The summed E-state index contributed by atoms with van der Waals surface area (Å²) in [6.07, 6.45) is 0. The second-order valence-corrected chi connectivity index (χ2v) is 7.43. The average molecular weight is 436 g/mol. The molecule has 0 saturated heterocycles. The molecule has 0 atom stereocenters. The maximum Gasteiger partial charge on any atom is 0.258 e. The van der Waals surface area contributed by atoms with Crippen LogP contribution < -0.4 is 19.5 Å². The van der Waals surface area contributed by atoms with Gasteiger partial charge in [0.25, 0.3) is 5.91 Å². The normalized spacial score (nSPS) is 10.5. The molecule has 1 amide bonds. The highest BCUT2D eigenvalue weighted by atomic mass is 16.5. The Bertz CT molecular complexity index is 1010. The smallest absolute Gasteiger partial charge is 0.258 e. The molecule has 0 spiro atoms. The lowest BCUT2D eigenvalue weighted by atomic mass is 10.1. The first kappa shape index (κ1) is 23.1. The number of benzene rings is 2. The Morgan fingerprint density at radius 2 is 1.62 bits per heavy atom. The van der Waals surface area contributed by atoms with Gasteiger partial charge in [0.1, 0.15) is 18.1 Å². The molecule has 0 aliphatic rings. The minimum absolute atomic E-state index is 0.0403. The standard InChI is InChI=1S/C25H29N3O4/c1-5-30-21-8-6-20(7-9-21)22-10-11-24(28-27-22)31-13-12-26-23(29)16-32-25-18(3)14-17(2)15-19(25)4/h6-11,14-15H,5,12-13,16H2,1-4H3,(H,26,29). The molecule has 0 aliphatic carbocycles. The zero-order valence-electron chi connectivity index (χ0n) is 19.0. The minimum Gasteiger partial charge on any atom is -0.494 e. The molecule has 0 bridgehead atoms. The quantitative estimate of drug-likeness (QED) is 0.484.